The van der Waals surface area contributed by atoms with E-state index >= 15 is 0 Å². The second-order valence-corrected chi connectivity index (χ2v) is 9.62. The first-order valence-electron chi connectivity index (χ1n) is 13.5. The summed E-state index contributed by atoms with van der Waals surface area (Å²) in [6.07, 6.45) is 1.79. The van der Waals surface area contributed by atoms with Gasteiger partial charge in [0.15, 0.2) is 0 Å². The third-order valence-electron chi connectivity index (χ3n) is 6.35. The van der Waals surface area contributed by atoms with Crippen LogP contribution in [0.4, 0.5) is 11.4 Å². The molecule has 0 N–H and O–H groups in total. The van der Waals surface area contributed by atoms with Gasteiger partial charge in [0.05, 0.1) is 33.5 Å². The van der Waals surface area contributed by atoms with Gasteiger partial charge in [0.2, 0.25) is 5.88 Å². The van der Waals surface area contributed by atoms with E-state index in [4.69, 9.17) is 18.9 Å². The lowest BCUT2D eigenvalue weighted by Gasteiger charge is -2.26. The molecule has 0 amide bonds. The van der Waals surface area contributed by atoms with Crippen LogP contribution in [0.25, 0.3) is 0 Å². The maximum absolute atomic E-state index is 5.93. The number of anilines is 2. The number of pyridine rings is 1. The number of methoxy groups -OCH3 is 1. The molecule has 4 aromatic rings. The average Bonchev–Trinajstić information content (AvgIpc) is 2.99. The molecule has 1 heterocycles. The van der Waals surface area contributed by atoms with E-state index in [0.29, 0.717) is 45.5 Å². The summed E-state index contributed by atoms with van der Waals surface area (Å²) in [6.45, 7) is 3.96. The lowest BCUT2D eigenvalue weighted by Crippen LogP contribution is -2.22. The second kappa shape index (κ2) is 15.5. The highest BCUT2D eigenvalue weighted by atomic mass is 16.5. The Kier molecular flexibility index (Phi) is 11.2. The summed E-state index contributed by atoms with van der Waals surface area (Å²) in [4.78, 5) is 8.86. The molecule has 210 valence electrons. The van der Waals surface area contributed by atoms with Crippen molar-refractivity contribution < 1.29 is 18.9 Å². The fourth-order valence-electron chi connectivity index (χ4n) is 4.25. The lowest BCUT2D eigenvalue weighted by molar-refractivity contribution is 0.0299. The van der Waals surface area contributed by atoms with Crippen molar-refractivity contribution in [3.8, 4) is 11.6 Å². The molecular formula is C33H39N3O4. The molecule has 0 aliphatic carbocycles. The molecule has 0 unspecified atom stereocenters. The van der Waals surface area contributed by atoms with Crippen LogP contribution in [0.5, 0.6) is 11.6 Å². The fourth-order valence-corrected chi connectivity index (χ4v) is 4.25. The zero-order valence-electron chi connectivity index (χ0n) is 23.7. The Bertz CT molecular complexity index is 1300. The molecular weight excluding hydrogens is 502 g/mol. The van der Waals surface area contributed by atoms with Crippen molar-refractivity contribution in [1.82, 2.24) is 4.98 Å². The Morgan fingerprint density at radius 1 is 0.650 bits per heavy atom. The summed E-state index contributed by atoms with van der Waals surface area (Å²) < 4.78 is 22.7. The summed E-state index contributed by atoms with van der Waals surface area (Å²) >= 11 is 0. The highest BCUT2D eigenvalue weighted by molar-refractivity contribution is 5.52. The van der Waals surface area contributed by atoms with Crippen molar-refractivity contribution in [3.05, 3.63) is 114 Å². The molecule has 0 aliphatic rings. The summed E-state index contributed by atoms with van der Waals surface area (Å²) in [5, 5.41) is 0. The molecule has 0 atom stereocenters. The topological polar surface area (TPSA) is 56.3 Å². The van der Waals surface area contributed by atoms with E-state index in [1.54, 1.807) is 13.3 Å². The third kappa shape index (κ3) is 9.29. The molecule has 0 saturated carbocycles. The van der Waals surface area contributed by atoms with E-state index in [1.165, 1.54) is 11.3 Å². The number of benzene rings is 3. The van der Waals surface area contributed by atoms with E-state index in [0.717, 1.165) is 29.1 Å². The van der Waals surface area contributed by atoms with E-state index < -0.39 is 0 Å². The normalized spacial score (nSPS) is 10.8. The van der Waals surface area contributed by atoms with E-state index in [9.17, 15) is 0 Å². The molecule has 40 heavy (non-hydrogen) atoms. The van der Waals surface area contributed by atoms with Crippen LogP contribution in [-0.4, -0.2) is 52.6 Å². The summed E-state index contributed by atoms with van der Waals surface area (Å²) in [6, 6.07) is 30.9. The van der Waals surface area contributed by atoms with E-state index in [1.807, 2.05) is 42.5 Å². The van der Waals surface area contributed by atoms with Gasteiger partial charge in [-0.25, -0.2) is 4.98 Å². The highest BCUT2D eigenvalue weighted by Crippen LogP contribution is 2.25. The molecule has 1 aromatic heterocycles. The molecule has 0 radical (unpaired) electrons. The molecule has 0 spiro atoms. The van der Waals surface area contributed by atoms with Gasteiger partial charge in [0.25, 0.3) is 0 Å². The minimum Gasteiger partial charge on any atom is -0.497 e. The number of hydrogen-bond donors (Lipinski definition) is 0. The van der Waals surface area contributed by atoms with Crippen molar-refractivity contribution in [2.45, 2.75) is 19.7 Å². The predicted octanol–water partition coefficient (Wildman–Crippen LogP) is 5.98. The van der Waals surface area contributed by atoms with Crippen LogP contribution in [0.2, 0.25) is 0 Å². The van der Waals surface area contributed by atoms with Gasteiger partial charge in [-0.1, -0.05) is 54.6 Å². The Morgan fingerprint density at radius 3 is 2.12 bits per heavy atom. The number of hydrogen-bond acceptors (Lipinski definition) is 7. The van der Waals surface area contributed by atoms with Gasteiger partial charge >= 0.3 is 0 Å². The van der Waals surface area contributed by atoms with E-state index in [-0.39, 0.29) is 0 Å². The van der Waals surface area contributed by atoms with Gasteiger partial charge in [-0.15, -0.1) is 0 Å². The van der Waals surface area contributed by atoms with Crippen LogP contribution in [0.15, 0.2) is 97.2 Å². The minimum absolute atomic E-state index is 0.413. The Hall–Kier alpha value is -4.07. The number of aromatic nitrogens is 1. The molecule has 0 fully saturated rings. The van der Waals surface area contributed by atoms with Gasteiger partial charge in [0, 0.05) is 50.8 Å². The first-order chi connectivity index (χ1) is 19.6. The van der Waals surface area contributed by atoms with Gasteiger partial charge in [-0.05, 0) is 47.0 Å². The largest absolute Gasteiger partial charge is 0.497 e. The van der Waals surface area contributed by atoms with Crippen LogP contribution in [0.1, 0.15) is 16.7 Å². The Morgan fingerprint density at radius 2 is 1.35 bits per heavy atom. The molecule has 4 rings (SSSR count). The lowest BCUT2D eigenvalue weighted by atomic mass is 10.1. The van der Waals surface area contributed by atoms with Crippen LogP contribution in [0, 0.1) is 0 Å². The van der Waals surface area contributed by atoms with Crippen LogP contribution >= 0.6 is 0 Å². The van der Waals surface area contributed by atoms with Gasteiger partial charge in [0.1, 0.15) is 12.4 Å². The SMILES string of the molecule is COc1cccc(CN(Cc2cccc(N(C)C)c2)c2ccnc(OCCOCCOCc3ccccc3)c2)c1. The molecule has 0 aliphatic heterocycles. The van der Waals surface area contributed by atoms with Gasteiger partial charge in [-0.3, -0.25) is 0 Å². The van der Waals surface area contributed by atoms with Crippen molar-refractivity contribution in [2.75, 3.05) is 57.4 Å². The van der Waals surface area contributed by atoms with Crippen LogP contribution < -0.4 is 19.3 Å². The maximum atomic E-state index is 5.93. The Balaban J connectivity index is 1.34. The van der Waals surface area contributed by atoms with Crippen LogP contribution in [-0.2, 0) is 29.2 Å². The van der Waals surface area contributed by atoms with E-state index in [2.05, 4.69) is 77.4 Å². The Labute approximate surface area is 237 Å². The molecule has 3 aromatic carbocycles. The maximum Gasteiger partial charge on any atom is 0.215 e. The van der Waals surface area contributed by atoms with Crippen LogP contribution in [0.3, 0.4) is 0 Å². The van der Waals surface area contributed by atoms with Crippen molar-refractivity contribution in [2.24, 2.45) is 0 Å². The highest BCUT2D eigenvalue weighted by Gasteiger charge is 2.12. The summed E-state index contributed by atoms with van der Waals surface area (Å²) in [7, 11) is 5.81. The molecule has 0 saturated heterocycles. The number of ether oxygens (including phenoxy) is 4. The zero-order chi connectivity index (χ0) is 28.0. The quantitative estimate of drug-likeness (QED) is 0.162. The molecule has 7 heteroatoms. The second-order valence-electron chi connectivity index (χ2n) is 9.62. The third-order valence-corrected chi connectivity index (χ3v) is 6.35. The zero-order valence-corrected chi connectivity index (χ0v) is 23.7. The van der Waals surface area contributed by atoms with Crippen molar-refractivity contribution in [3.63, 3.8) is 0 Å². The molecule has 7 nitrogen and oxygen atoms in total. The average molecular weight is 542 g/mol. The molecule has 0 bridgehead atoms. The smallest absolute Gasteiger partial charge is 0.215 e. The standard InChI is InChI=1S/C33H39N3O4/c1-35(2)30-13-7-11-28(21-30)24-36(25-29-12-8-14-32(22-29)37-3)31-15-16-34-33(23-31)40-20-19-38-17-18-39-26-27-9-5-4-6-10-27/h4-16,21-23H,17-20,24-26H2,1-3H3. The summed E-state index contributed by atoms with van der Waals surface area (Å²) in [5.41, 5.74) is 5.73. The van der Waals surface area contributed by atoms with Gasteiger partial charge < -0.3 is 28.7 Å². The first-order valence-corrected chi connectivity index (χ1v) is 13.5. The monoisotopic (exact) mass is 541 g/mol. The predicted molar refractivity (Wildman–Crippen MR) is 160 cm³/mol. The van der Waals surface area contributed by atoms with Crippen molar-refractivity contribution in [1.29, 1.82) is 0 Å². The number of rotatable bonds is 16. The van der Waals surface area contributed by atoms with Gasteiger partial charge in [-0.2, -0.15) is 0 Å². The number of nitrogens with zero attached hydrogens (tertiary/aromatic N) is 3. The van der Waals surface area contributed by atoms with Crippen molar-refractivity contribution >= 4 is 11.4 Å². The summed E-state index contributed by atoms with van der Waals surface area (Å²) in [5.74, 6) is 1.41. The first kappa shape index (κ1) is 28.9. The minimum atomic E-state index is 0.413. The fraction of sp³-hybridized carbons (Fsp3) is 0.303.